The van der Waals surface area contributed by atoms with Crippen LogP contribution in [0.5, 0.6) is 0 Å². The van der Waals surface area contributed by atoms with E-state index in [0.29, 0.717) is 31.7 Å². The smallest absolute Gasteiger partial charge is 0.285 e. The van der Waals surface area contributed by atoms with Gasteiger partial charge in [-0.1, -0.05) is 79.6 Å². The Morgan fingerprint density at radius 1 is 0.846 bits per heavy atom. The van der Waals surface area contributed by atoms with E-state index in [2.05, 4.69) is 32.6 Å². The molecule has 2 heterocycles. The Morgan fingerprint density at radius 2 is 1.48 bits per heavy atom. The number of ketones is 3. The van der Waals surface area contributed by atoms with E-state index in [1.54, 1.807) is 0 Å². The molecule has 4 aliphatic carbocycles. The first-order chi connectivity index (χ1) is 24.3. The van der Waals surface area contributed by atoms with Gasteiger partial charge in [-0.25, -0.2) is 0 Å². The van der Waals surface area contributed by atoms with Crippen LogP contribution in [-0.4, -0.2) is 83.4 Å². The summed E-state index contributed by atoms with van der Waals surface area (Å²) in [7, 11) is 0. The maximum Gasteiger partial charge on any atom is 0.285 e. The van der Waals surface area contributed by atoms with Crippen molar-refractivity contribution in [1.82, 2.24) is 9.80 Å². The summed E-state index contributed by atoms with van der Waals surface area (Å²) in [6, 6.07) is -0.661. The average molecular weight is 724 g/mol. The number of primary amides is 1. The Kier molecular flexibility index (Phi) is 11.0. The van der Waals surface area contributed by atoms with Gasteiger partial charge in [0.05, 0.1) is 18.2 Å². The van der Waals surface area contributed by atoms with E-state index in [0.717, 1.165) is 83.8 Å². The van der Waals surface area contributed by atoms with Crippen molar-refractivity contribution in [3.05, 3.63) is 0 Å². The normalized spacial score (nSPS) is 32.1. The van der Waals surface area contributed by atoms with Gasteiger partial charge in [-0.3, -0.25) is 28.9 Å². The second-order valence-corrected chi connectivity index (χ2v) is 20.3. The second kappa shape index (κ2) is 14.5. The highest BCUT2D eigenvalue weighted by molar-refractivity contribution is 6.36. The molecule has 292 valence electrons. The highest BCUT2D eigenvalue weighted by Gasteiger charge is 2.85. The molecule has 2 spiro atoms. The summed E-state index contributed by atoms with van der Waals surface area (Å²) in [6.07, 6.45) is 14.0. The zero-order valence-electron chi connectivity index (χ0n) is 33.5. The molecule has 2 amide bonds. The number of nitrogens with zero attached hydrogens (tertiary/aromatic N) is 2. The molecule has 6 fully saturated rings. The van der Waals surface area contributed by atoms with Crippen LogP contribution in [0, 0.1) is 44.8 Å². The van der Waals surface area contributed by atoms with Gasteiger partial charge in [0.1, 0.15) is 5.78 Å². The average Bonchev–Trinajstić information content (AvgIpc) is 3.22. The van der Waals surface area contributed by atoms with Crippen LogP contribution in [-0.2, 0) is 28.7 Å². The molecule has 2 saturated heterocycles. The zero-order chi connectivity index (χ0) is 37.9. The summed E-state index contributed by atoms with van der Waals surface area (Å²) in [5, 5.41) is 0. The van der Waals surface area contributed by atoms with Crippen LogP contribution >= 0.6 is 0 Å². The van der Waals surface area contributed by atoms with Gasteiger partial charge in [-0.05, 0) is 80.0 Å². The molecule has 1 unspecified atom stereocenters. The van der Waals surface area contributed by atoms with E-state index in [4.69, 9.17) is 10.5 Å². The topological polar surface area (TPSA) is 127 Å². The van der Waals surface area contributed by atoms with Crippen LogP contribution in [0.4, 0.5) is 0 Å². The SMILES string of the molecule is C[C@@H]1CN(CC2(CC(=O)C[C@H](C(=O)N3C[C@]4(C[C@H]3C(=O)CC(CC3CCC3)C(=O)C(N)=O)C(C)(C)C43CCC3)C(C)(C)C)CCCCC2)C[C@H](C)O1. The van der Waals surface area contributed by atoms with Gasteiger partial charge in [0.2, 0.25) is 11.7 Å². The van der Waals surface area contributed by atoms with Crippen molar-refractivity contribution in [3.63, 3.8) is 0 Å². The summed E-state index contributed by atoms with van der Waals surface area (Å²) in [5.74, 6) is -2.70. The summed E-state index contributed by atoms with van der Waals surface area (Å²) >= 11 is 0. The van der Waals surface area contributed by atoms with Gasteiger partial charge in [-0.2, -0.15) is 0 Å². The number of ether oxygens (including phenoxy) is 1. The molecule has 9 heteroatoms. The number of fused-ring (bicyclic) bond motifs is 1. The predicted octanol–water partition coefficient (Wildman–Crippen LogP) is 6.68. The molecule has 0 bridgehead atoms. The third-order valence-electron chi connectivity index (χ3n) is 15.7. The molecule has 0 aromatic carbocycles. The van der Waals surface area contributed by atoms with Gasteiger partial charge in [0.15, 0.2) is 5.78 Å². The molecule has 2 N–H and O–H groups in total. The molecule has 9 nitrogen and oxygen atoms in total. The number of likely N-dealkylation sites (tertiary alicyclic amines) is 1. The van der Waals surface area contributed by atoms with E-state index in [9.17, 15) is 19.2 Å². The number of carbonyl (C=O) groups is 5. The van der Waals surface area contributed by atoms with Gasteiger partial charge in [-0.15, -0.1) is 0 Å². The first-order valence-corrected chi connectivity index (χ1v) is 20.9. The number of Topliss-reactive ketones (excluding diaryl/α,β-unsaturated/α-hetero) is 3. The fourth-order valence-corrected chi connectivity index (χ4v) is 12.4. The van der Waals surface area contributed by atoms with Crippen LogP contribution in [0.25, 0.3) is 0 Å². The van der Waals surface area contributed by atoms with Crippen LogP contribution in [0.2, 0.25) is 0 Å². The van der Waals surface area contributed by atoms with Crippen molar-refractivity contribution in [2.45, 2.75) is 169 Å². The quantitative estimate of drug-likeness (QED) is 0.198. The largest absolute Gasteiger partial charge is 0.373 e. The van der Waals surface area contributed by atoms with Gasteiger partial charge in [0.25, 0.3) is 5.91 Å². The zero-order valence-corrected chi connectivity index (χ0v) is 33.5. The minimum Gasteiger partial charge on any atom is -0.373 e. The summed E-state index contributed by atoms with van der Waals surface area (Å²) < 4.78 is 6.02. The van der Waals surface area contributed by atoms with Gasteiger partial charge < -0.3 is 15.4 Å². The molecule has 2 aliphatic heterocycles. The van der Waals surface area contributed by atoms with Crippen molar-refractivity contribution in [1.29, 1.82) is 0 Å². The van der Waals surface area contributed by atoms with E-state index in [1.807, 2.05) is 25.7 Å². The predicted molar refractivity (Wildman–Crippen MR) is 201 cm³/mol. The number of hydrogen-bond donors (Lipinski definition) is 1. The third kappa shape index (κ3) is 7.20. The Hall–Kier alpha value is -2.13. The van der Waals surface area contributed by atoms with Crippen LogP contribution in [0.1, 0.15) is 151 Å². The van der Waals surface area contributed by atoms with Crippen molar-refractivity contribution in [2.75, 3.05) is 26.2 Å². The minimum absolute atomic E-state index is 0.00488. The lowest BCUT2D eigenvalue weighted by molar-refractivity contribution is -0.147. The molecule has 52 heavy (non-hydrogen) atoms. The van der Waals surface area contributed by atoms with Crippen molar-refractivity contribution in [3.8, 4) is 0 Å². The molecule has 6 rings (SSSR count). The lowest BCUT2D eigenvalue weighted by Gasteiger charge is -2.44. The highest BCUT2D eigenvalue weighted by atomic mass is 16.5. The first kappa shape index (κ1) is 39.6. The number of rotatable bonds is 14. The summed E-state index contributed by atoms with van der Waals surface area (Å²) in [5.41, 5.74) is 4.87. The maximum absolute atomic E-state index is 15.1. The molecule has 4 saturated carbocycles. The standard InChI is InChI=1S/C43H69N3O6/c1-28-24-45(25-29(2)52-28)26-41(15-9-8-10-16-41)22-32(47)21-33(39(3,4)5)38(51)46-27-43(40(6,7)42(43)17-12-18-42)23-34(46)35(48)20-31(36(49)37(44)50)19-30-13-11-14-30/h28-31,33-34H,8-27H2,1-7H3,(H2,44,50)/t28-,29+,31?,33-,34+,43-/m1/s1. The number of carbonyl (C=O) groups excluding carboxylic acids is 5. The van der Waals surface area contributed by atoms with E-state index in [1.165, 1.54) is 6.42 Å². The summed E-state index contributed by atoms with van der Waals surface area (Å²) in [4.78, 5) is 73.4. The van der Waals surface area contributed by atoms with E-state index >= 15 is 4.79 Å². The highest BCUT2D eigenvalue weighted by Crippen LogP contribution is 2.88. The third-order valence-corrected chi connectivity index (χ3v) is 15.7. The second-order valence-electron chi connectivity index (χ2n) is 20.3. The number of morpholine rings is 1. The first-order valence-electron chi connectivity index (χ1n) is 20.9. The molecule has 0 radical (unpaired) electrons. The number of hydrogen-bond acceptors (Lipinski definition) is 7. The molecule has 0 aromatic heterocycles. The fourth-order valence-electron chi connectivity index (χ4n) is 12.4. The van der Waals surface area contributed by atoms with Crippen molar-refractivity contribution in [2.24, 2.45) is 50.6 Å². The van der Waals surface area contributed by atoms with Crippen molar-refractivity contribution >= 4 is 29.2 Å². The molecular weight excluding hydrogens is 654 g/mol. The van der Waals surface area contributed by atoms with Crippen LogP contribution in [0.3, 0.4) is 0 Å². The van der Waals surface area contributed by atoms with Gasteiger partial charge in [0, 0.05) is 62.7 Å². The minimum atomic E-state index is -0.982. The molecule has 0 aromatic rings. The lowest BCUT2D eigenvalue weighted by Crippen LogP contribution is -2.51. The van der Waals surface area contributed by atoms with Crippen LogP contribution in [0.15, 0.2) is 0 Å². The monoisotopic (exact) mass is 724 g/mol. The number of nitrogens with two attached hydrogens (primary N) is 1. The Bertz CT molecular complexity index is 1390. The molecule has 6 atom stereocenters. The van der Waals surface area contributed by atoms with E-state index < -0.39 is 35.0 Å². The van der Waals surface area contributed by atoms with E-state index in [-0.39, 0.29) is 64.2 Å². The Morgan fingerprint density at radius 3 is 1.98 bits per heavy atom. The number of amides is 2. The fraction of sp³-hybridized carbons (Fsp3) is 0.884. The molecule has 6 aliphatic rings. The Labute approximate surface area is 313 Å². The maximum atomic E-state index is 15.1. The van der Waals surface area contributed by atoms with Crippen LogP contribution < -0.4 is 5.73 Å². The molecular formula is C43H69N3O6. The lowest BCUT2D eigenvalue weighted by atomic mass is 9.68. The van der Waals surface area contributed by atoms with Crippen molar-refractivity contribution < 1.29 is 28.7 Å². The van der Waals surface area contributed by atoms with Gasteiger partial charge >= 0.3 is 0 Å². The summed E-state index contributed by atoms with van der Waals surface area (Å²) in [6.45, 7) is 18.2. The Balaban J connectivity index is 1.23.